The van der Waals surface area contributed by atoms with Crippen LogP contribution in [0.5, 0.6) is 5.75 Å². The highest BCUT2D eigenvalue weighted by molar-refractivity contribution is 7.14. The van der Waals surface area contributed by atoms with Crippen molar-refractivity contribution >= 4 is 17.2 Å². The van der Waals surface area contributed by atoms with Gasteiger partial charge in [-0.05, 0) is 61.4 Å². The molecule has 28 heavy (non-hydrogen) atoms. The number of carbonyl (C=O) groups excluding carboxylic acids is 1. The Morgan fingerprint density at radius 1 is 1.29 bits per heavy atom. The molecule has 5 nitrogen and oxygen atoms in total. The van der Waals surface area contributed by atoms with E-state index in [1.807, 2.05) is 12.1 Å². The maximum absolute atomic E-state index is 12.5. The average Bonchev–Trinajstić information content (AvgIpc) is 3.38. The van der Waals surface area contributed by atoms with E-state index in [1.165, 1.54) is 10.4 Å². The number of nitrogens with one attached hydrogen (secondary N) is 1. The second kappa shape index (κ2) is 7.17. The number of hydrogen-bond acceptors (Lipinski definition) is 5. The molecule has 2 aromatic rings. The summed E-state index contributed by atoms with van der Waals surface area (Å²) in [4.78, 5) is 17.0. The Balaban J connectivity index is 1.29. The number of benzene rings is 1. The van der Waals surface area contributed by atoms with Crippen LogP contribution in [0.1, 0.15) is 51.4 Å². The summed E-state index contributed by atoms with van der Waals surface area (Å²) in [7, 11) is 0. The second-order valence-corrected chi connectivity index (χ2v) is 9.30. The molecule has 1 saturated heterocycles. The number of nitrogens with zero attached hydrogens (tertiary/aromatic N) is 1. The van der Waals surface area contributed by atoms with Crippen LogP contribution in [0.4, 0.5) is 0 Å². The van der Waals surface area contributed by atoms with E-state index in [9.17, 15) is 9.90 Å². The number of fused-ring (bicyclic) bond motifs is 2. The highest BCUT2D eigenvalue weighted by atomic mass is 32.1. The third-order valence-electron chi connectivity index (χ3n) is 6.09. The lowest BCUT2D eigenvalue weighted by atomic mass is 9.85. The minimum absolute atomic E-state index is 0.0818. The van der Waals surface area contributed by atoms with E-state index in [4.69, 9.17) is 4.74 Å². The summed E-state index contributed by atoms with van der Waals surface area (Å²) < 4.78 is 6.35. The highest BCUT2D eigenvalue weighted by Gasteiger charge is 2.42. The van der Waals surface area contributed by atoms with Gasteiger partial charge >= 0.3 is 0 Å². The highest BCUT2D eigenvalue weighted by Crippen LogP contribution is 2.45. The van der Waals surface area contributed by atoms with Crippen LogP contribution < -0.4 is 5.32 Å². The van der Waals surface area contributed by atoms with Crippen LogP contribution >= 0.6 is 11.3 Å². The molecule has 1 aliphatic carbocycles. The number of thiophene rings is 1. The molecule has 148 valence electrons. The molecule has 5 rings (SSSR count). The summed E-state index contributed by atoms with van der Waals surface area (Å²) in [5.41, 5.74) is 2.21. The van der Waals surface area contributed by atoms with Crippen LogP contribution in [-0.4, -0.2) is 41.7 Å². The number of ether oxygens (including phenoxy) is 1. The molecule has 1 spiro atoms. The van der Waals surface area contributed by atoms with Crippen LogP contribution in [0, 0.1) is 0 Å². The van der Waals surface area contributed by atoms with Crippen LogP contribution in [0.2, 0.25) is 0 Å². The Kier molecular flexibility index (Phi) is 4.65. The van der Waals surface area contributed by atoms with Crippen LogP contribution in [0.25, 0.3) is 0 Å². The van der Waals surface area contributed by atoms with Crippen molar-refractivity contribution in [3.63, 3.8) is 0 Å². The van der Waals surface area contributed by atoms with Crippen molar-refractivity contribution in [2.45, 2.75) is 50.3 Å². The van der Waals surface area contributed by atoms with E-state index in [-0.39, 0.29) is 11.5 Å². The number of phenols is 1. The molecular weight excluding hydrogens is 372 g/mol. The van der Waals surface area contributed by atoms with Gasteiger partial charge in [0.15, 0.2) is 0 Å². The van der Waals surface area contributed by atoms with Crippen molar-refractivity contribution in [2.24, 2.45) is 0 Å². The minimum Gasteiger partial charge on any atom is -0.508 e. The Morgan fingerprint density at radius 2 is 2.11 bits per heavy atom. The van der Waals surface area contributed by atoms with E-state index in [0.29, 0.717) is 11.8 Å². The quantitative estimate of drug-likeness (QED) is 0.829. The molecule has 1 aromatic heterocycles. The lowest BCUT2D eigenvalue weighted by molar-refractivity contribution is -0.0960. The number of hydrogen-bond donors (Lipinski definition) is 2. The number of carbonyl (C=O) groups is 1. The first-order chi connectivity index (χ1) is 13.6. The number of aromatic hydroxyl groups is 1. The van der Waals surface area contributed by atoms with E-state index < -0.39 is 0 Å². The van der Waals surface area contributed by atoms with Gasteiger partial charge in [-0.3, -0.25) is 9.69 Å². The van der Waals surface area contributed by atoms with Gasteiger partial charge in [0.05, 0.1) is 11.5 Å². The summed E-state index contributed by atoms with van der Waals surface area (Å²) in [6, 6.07) is 9.98. The first-order valence-electron chi connectivity index (χ1n) is 10.2. The van der Waals surface area contributed by atoms with Gasteiger partial charge in [-0.2, -0.15) is 0 Å². The van der Waals surface area contributed by atoms with Gasteiger partial charge in [-0.1, -0.05) is 12.1 Å². The number of rotatable bonds is 4. The zero-order valence-electron chi connectivity index (χ0n) is 15.9. The maximum Gasteiger partial charge on any atom is 0.261 e. The molecule has 1 saturated carbocycles. The van der Waals surface area contributed by atoms with E-state index >= 15 is 0 Å². The van der Waals surface area contributed by atoms with E-state index in [2.05, 4.69) is 22.3 Å². The van der Waals surface area contributed by atoms with Gasteiger partial charge in [-0.15, -0.1) is 11.3 Å². The molecular formula is C22H26N2O3S. The summed E-state index contributed by atoms with van der Waals surface area (Å²) >= 11 is 1.64. The average molecular weight is 399 g/mol. The summed E-state index contributed by atoms with van der Waals surface area (Å²) in [5.74, 6) is 0.403. The van der Waals surface area contributed by atoms with Crippen molar-refractivity contribution in [3.05, 3.63) is 51.2 Å². The topological polar surface area (TPSA) is 61.8 Å². The third-order valence-corrected chi connectivity index (χ3v) is 7.45. The molecule has 2 fully saturated rings. The maximum atomic E-state index is 12.5. The normalized spacial score (nSPS) is 21.4. The second-order valence-electron chi connectivity index (χ2n) is 8.25. The fourth-order valence-electron chi connectivity index (χ4n) is 4.37. The standard InChI is InChI=1S/C22H26N2O3S/c25-18-3-1-2-15(12-18)14-24-9-7-22(8-10-24)20-16(6-11-27-22)13-19(28-20)21(26)23-17-4-5-17/h1-3,12-13,17,25H,4-11,14H2,(H,23,26). The molecule has 3 aliphatic rings. The van der Waals surface area contributed by atoms with Gasteiger partial charge in [-0.25, -0.2) is 0 Å². The summed E-state index contributed by atoms with van der Waals surface area (Å²) in [5, 5.41) is 12.8. The fraction of sp³-hybridized carbons (Fsp3) is 0.500. The zero-order chi connectivity index (χ0) is 19.1. The van der Waals surface area contributed by atoms with Gasteiger partial charge in [0.25, 0.3) is 5.91 Å². The third kappa shape index (κ3) is 3.56. The fourth-order valence-corrected chi connectivity index (χ4v) is 5.69. The smallest absolute Gasteiger partial charge is 0.261 e. The van der Waals surface area contributed by atoms with Gasteiger partial charge < -0.3 is 15.2 Å². The van der Waals surface area contributed by atoms with Crippen molar-refractivity contribution in [1.82, 2.24) is 10.2 Å². The first kappa shape index (κ1) is 18.2. The molecule has 0 bridgehead atoms. The SMILES string of the molecule is O=C(NC1CC1)c1cc2c(s1)C1(CCN(Cc3cccc(O)c3)CC1)OCC2. The molecule has 0 atom stereocenters. The van der Waals surface area contributed by atoms with Crippen molar-refractivity contribution in [2.75, 3.05) is 19.7 Å². The molecule has 2 N–H and O–H groups in total. The van der Waals surface area contributed by atoms with E-state index in [0.717, 1.165) is 68.8 Å². The number of piperidine rings is 1. The molecule has 1 amide bonds. The van der Waals surface area contributed by atoms with Crippen molar-refractivity contribution in [3.8, 4) is 5.75 Å². The van der Waals surface area contributed by atoms with Gasteiger partial charge in [0, 0.05) is 30.6 Å². The lowest BCUT2D eigenvalue weighted by Gasteiger charge is -2.43. The van der Waals surface area contributed by atoms with Crippen LogP contribution in [0.3, 0.4) is 0 Å². The van der Waals surface area contributed by atoms with Crippen molar-refractivity contribution < 1.29 is 14.6 Å². The Bertz CT molecular complexity index is 882. The van der Waals surface area contributed by atoms with Gasteiger partial charge in [0.1, 0.15) is 11.4 Å². The Hall–Kier alpha value is -1.89. The lowest BCUT2D eigenvalue weighted by Crippen LogP contribution is -2.45. The summed E-state index contributed by atoms with van der Waals surface area (Å²) in [6.07, 6.45) is 5.02. The first-order valence-corrected chi connectivity index (χ1v) is 11.0. The van der Waals surface area contributed by atoms with E-state index in [1.54, 1.807) is 17.4 Å². The number of amides is 1. The summed E-state index contributed by atoms with van der Waals surface area (Å²) in [6.45, 7) is 3.49. The van der Waals surface area contributed by atoms with Crippen LogP contribution in [-0.2, 0) is 23.3 Å². The zero-order valence-corrected chi connectivity index (χ0v) is 16.8. The van der Waals surface area contributed by atoms with Crippen LogP contribution in [0.15, 0.2) is 30.3 Å². The Labute approximate surface area is 169 Å². The molecule has 0 radical (unpaired) electrons. The molecule has 1 aromatic carbocycles. The van der Waals surface area contributed by atoms with Gasteiger partial charge in [0.2, 0.25) is 0 Å². The van der Waals surface area contributed by atoms with Crippen molar-refractivity contribution in [1.29, 1.82) is 0 Å². The number of likely N-dealkylation sites (tertiary alicyclic amines) is 1. The molecule has 6 heteroatoms. The Morgan fingerprint density at radius 3 is 2.86 bits per heavy atom. The molecule has 3 heterocycles. The minimum atomic E-state index is -0.230. The number of phenolic OH excluding ortho intramolecular Hbond substituents is 1. The predicted molar refractivity (Wildman–Crippen MR) is 109 cm³/mol. The largest absolute Gasteiger partial charge is 0.508 e. The molecule has 0 unspecified atom stereocenters. The molecule has 2 aliphatic heterocycles. The monoisotopic (exact) mass is 398 g/mol. The predicted octanol–water partition coefficient (Wildman–Crippen LogP) is 3.41.